The monoisotopic (exact) mass is 225 g/mol. The molecular weight excluding hydrogens is 214 g/mol. The average molecular weight is 226 g/mol. The number of esters is 1. The fourth-order valence-corrected chi connectivity index (χ4v) is 1.11. The maximum absolute atomic E-state index is 11.0. The summed E-state index contributed by atoms with van der Waals surface area (Å²) in [4.78, 5) is 14.9. The molecule has 0 fully saturated rings. The summed E-state index contributed by atoms with van der Waals surface area (Å²) in [5.74, 6) is -0.226. The fraction of sp³-hybridized carbons (Fsp3) is 0.273. The number of pyridine rings is 1. The van der Waals surface area contributed by atoms with Gasteiger partial charge in [0.25, 0.3) is 0 Å². The van der Waals surface area contributed by atoms with Gasteiger partial charge in [0, 0.05) is 6.20 Å². The molecule has 0 aromatic carbocycles. The normalized spacial score (nSPS) is 10.5. The summed E-state index contributed by atoms with van der Waals surface area (Å²) < 4.78 is 4.77. The van der Waals surface area contributed by atoms with Crippen LogP contribution < -0.4 is 0 Å². The van der Waals surface area contributed by atoms with E-state index in [4.69, 9.17) is 16.3 Å². The van der Waals surface area contributed by atoms with E-state index in [1.165, 1.54) is 0 Å². The molecule has 0 aliphatic rings. The summed E-state index contributed by atoms with van der Waals surface area (Å²) in [6.07, 6.45) is 5.46. The van der Waals surface area contributed by atoms with Crippen LogP contribution in [0.3, 0.4) is 0 Å². The van der Waals surface area contributed by atoms with Gasteiger partial charge in [-0.05, 0) is 18.6 Å². The van der Waals surface area contributed by atoms with Gasteiger partial charge in [0.1, 0.15) is 5.15 Å². The lowest BCUT2D eigenvalue weighted by Crippen LogP contribution is -2.01. The van der Waals surface area contributed by atoms with Crippen LogP contribution in [0, 0.1) is 0 Å². The van der Waals surface area contributed by atoms with Crippen LogP contribution in [0.2, 0.25) is 5.15 Å². The molecule has 0 atom stereocenters. The first kappa shape index (κ1) is 11.7. The predicted molar refractivity (Wildman–Crippen MR) is 59.5 cm³/mol. The Hall–Kier alpha value is -1.35. The lowest BCUT2D eigenvalue weighted by Gasteiger charge is -1.96. The van der Waals surface area contributed by atoms with Crippen molar-refractivity contribution in [1.82, 2.24) is 4.98 Å². The standard InChI is InChI=1S/C11H12ClNO2/c1-2-15-11(14)5-3-4-9-6-7-10(12)13-8-9/h3-4,6-8H,2,5H2,1H3. The van der Waals surface area contributed by atoms with Gasteiger partial charge in [-0.25, -0.2) is 4.98 Å². The molecule has 1 heterocycles. The molecule has 1 aromatic heterocycles. The first-order chi connectivity index (χ1) is 7.22. The Kier molecular flexibility index (Phi) is 4.84. The number of hydrogen-bond acceptors (Lipinski definition) is 3. The van der Waals surface area contributed by atoms with Gasteiger partial charge in [-0.3, -0.25) is 4.79 Å². The Morgan fingerprint density at radius 3 is 3.00 bits per heavy atom. The second-order valence-corrected chi connectivity index (χ2v) is 3.21. The van der Waals surface area contributed by atoms with Gasteiger partial charge in [-0.1, -0.05) is 29.8 Å². The van der Waals surface area contributed by atoms with Crippen molar-refractivity contribution in [3.05, 3.63) is 35.1 Å². The van der Waals surface area contributed by atoms with Crippen LogP contribution in [0.4, 0.5) is 0 Å². The Labute approximate surface area is 93.7 Å². The number of carbonyl (C=O) groups is 1. The third-order valence-corrected chi connectivity index (χ3v) is 1.87. The van der Waals surface area contributed by atoms with Crippen molar-refractivity contribution < 1.29 is 9.53 Å². The molecule has 0 saturated heterocycles. The molecule has 0 unspecified atom stereocenters. The van der Waals surface area contributed by atoms with Gasteiger partial charge in [-0.15, -0.1) is 0 Å². The highest BCUT2D eigenvalue weighted by molar-refractivity contribution is 6.29. The largest absolute Gasteiger partial charge is 0.466 e. The average Bonchev–Trinajstić information content (AvgIpc) is 2.21. The van der Waals surface area contributed by atoms with E-state index in [0.717, 1.165) is 5.56 Å². The van der Waals surface area contributed by atoms with Crippen LogP contribution in [0.25, 0.3) is 6.08 Å². The Morgan fingerprint density at radius 2 is 2.40 bits per heavy atom. The van der Waals surface area contributed by atoms with Gasteiger partial charge in [0.05, 0.1) is 13.0 Å². The molecule has 80 valence electrons. The number of hydrogen-bond donors (Lipinski definition) is 0. The summed E-state index contributed by atoms with van der Waals surface area (Å²) in [6, 6.07) is 3.53. The van der Waals surface area contributed by atoms with Crippen LogP contribution >= 0.6 is 11.6 Å². The lowest BCUT2D eigenvalue weighted by atomic mass is 10.2. The summed E-state index contributed by atoms with van der Waals surface area (Å²) >= 11 is 5.63. The van der Waals surface area contributed by atoms with Gasteiger partial charge in [0.2, 0.25) is 0 Å². The molecule has 1 rings (SSSR count). The summed E-state index contributed by atoms with van der Waals surface area (Å²) in [5, 5.41) is 0.456. The predicted octanol–water partition coefficient (Wildman–Crippen LogP) is 2.70. The van der Waals surface area contributed by atoms with E-state index in [1.807, 2.05) is 6.07 Å². The molecule has 4 heteroatoms. The number of rotatable bonds is 4. The van der Waals surface area contributed by atoms with E-state index in [-0.39, 0.29) is 12.4 Å². The number of nitrogens with zero attached hydrogens (tertiary/aromatic N) is 1. The molecular formula is C11H12ClNO2. The maximum atomic E-state index is 11.0. The van der Waals surface area contributed by atoms with Crippen molar-refractivity contribution in [2.75, 3.05) is 6.61 Å². The summed E-state index contributed by atoms with van der Waals surface area (Å²) in [7, 11) is 0. The second kappa shape index (κ2) is 6.19. The van der Waals surface area contributed by atoms with Gasteiger partial charge in [-0.2, -0.15) is 0 Å². The summed E-state index contributed by atoms with van der Waals surface area (Å²) in [5.41, 5.74) is 0.906. The molecule has 0 radical (unpaired) electrons. The van der Waals surface area contributed by atoms with E-state index in [2.05, 4.69) is 4.98 Å². The Bertz CT molecular complexity index is 346. The molecule has 0 aliphatic heterocycles. The molecule has 0 aliphatic carbocycles. The van der Waals surface area contributed by atoms with E-state index in [1.54, 1.807) is 31.3 Å². The van der Waals surface area contributed by atoms with Crippen molar-refractivity contribution in [2.24, 2.45) is 0 Å². The molecule has 0 saturated carbocycles. The first-order valence-corrected chi connectivity index (χ1v) is 5.04. The molecule has 0 amide bonds. The zero-order valence-corrected chi connectivity index (χ0v) is 9.20. The van der Waals surface area contributed by atoms with Gasteiger partial charge in [0.15, 0.2) is 0 Å². The molecule has 15 heavy (non-hydrogen) atoms. The van der Waals surface area contributed by atoms with Crippen LogP contribution in [-0.2, 0) is 9.53 Å². The molecule has 0 spiro atoms. The van der Waals surface area contributed by atoms with Crippen LogP contribution in [0.5, 0.6) is 0 Å². The van der Waals surface area contributed by atoms with Gasteiger partial charge >= 0.3 is 5.97 Å². The highest BCUT2D eigenvalue weighted by Crippen LogP contribution is 2.07. The SMILES string of the molecule is CCOC(=O)CC=Cc1ccc(Cl)nc1. The topological polar surface area (TPSA) is 39.2 Å². The molecule has 1 aromatic rings. The van der Waals surface area contributed by atoms with Crippen molar-refractivity contribution in [2.45, 2.75) is 13.3 Å². The van der Waals surface area contributed by atoms with E-state index < -0.39 is 0 Å². The minimum Gasteiger partial charge on any atom is -0.466 e. The van der Waals surface area contributed by atoms with Gasteiger partial charge < -0.3 is 4.74 Å². The van der Waals surface area contributed by atoms with Crippen molar-refractivity contribution in [3.63, 3.8) is 0 Å². The van der Waals surface area contributed by atoms with Crippen LogP contribution in [0.1, 0.15) is 18.9 Å². The third kappa shape index (κ3) is 4.61. The van der Waals surface area contributed by atoms with Crippen molar-refractivity contribution in [1.29, 1.82) is 0 Å². The number of halogens is 1. The lowest BCUT2D eigenvalue weighted by molar-refractivity contribution is -0.142. The molecule has 0 bridgehead atoms. The first-order valence-electron chi connectivity index (χ1n) is 4.66. The molecule has 0 N–H and O–H groups in total. The molecule has 3 nitrogen and oxygen atoms in total. The minimum absolute atomic E-state index is 0.226. The number of aromatic nitrogens is 1. The smallest absolute Gasteiger partial charge is 0.309 e. The fourth-order valence-electron chi connectivity index (χ4n) is 0.997. The zero-order chi connectivity index (χ0) is 11.1. The zero-order valence-electron chi connectivity index (χ0n) is 8.44. The minimum atomic E-state index is -0.226. The third-order valence-electron chi connectivity index (χ3n) is 1.65. The van der Waals surface area contributed by atoms with E-state index in [9.17, 15) is 4.79 Å². The second-order valence-electron chi connectivity index (χ2n) is 2.83. The summed E-state index contributed by atoms with van der Waals surface area (Å²) in [6.45, 7) is 2.19. The highest BCUT2D eigenvalue weighted by Gasteiger charge is 1.96. The number of carbonyl (C=O) groups excluding carboxylic acids is 1. The van der Waals surface area contributed by atoms with Crippen LogP contribution in [-0.4, -0.2) is 17.6 Å². The number of ether oxygens (including phenoxy) is 1. The van der Waals surface area contributed by atoms with Crippen molar-refractivity contribution in [3.8, 4) is 0 Å². The Morgan fingerprint density at radius 1 is 1.60 bits per heavy atom. The van der Waals surface area contributed by atoms with E-state index >= 15 is 0 Å². The van der Waals surface area contributed by atoms with E-state index in [0.29, 0.717) is 11.8 Å². The Balaban J connectivity index is 2.44. The maximum Gasteiger partial charge on any atom is 0.309 e. The highest BCUT2D eigenvalue weighted by atomic mass is 35.5. The quantitative estimate of drug-likeness (QED) is 0.584. The van der Waals surface area contributed by atoms with Crippen LogP contribution in [0.15, 0.2) is 24.4 Å². The van der Waals surface area contributed by atoms with Crippen molar-refractivity contribution >= 4 is 23.6 Å².